The van der Waals surface area contributed by atoms with Crippen molar-refractivity contribution in [1.82, 2.24) is 15.5 Å². The van der Waals surface area contributed by atoms with Gasteiger partial charge in [0.25, 0.3) is 0 Å². The van der Waals surface area contributed by atoms with E-state index in [2.05, 4.69) is 27.4 Å². The number of nitrogens with zero attached hydrogens (tertiary/aromatic N) is 2. The van der Waals surface area contributed by atoms with Gasteiger partial charge in [-0.15, -0.1) is 0 Å². The zero-order valence-corrected chi connectivity index (χ0v) is 15.9. The lowest BCUT2D eigenvalue weighted by Crippen LogP contribution is -2.40. The lowest BCUT2D eigenvalue weighted by Gasteiger charge is -2.29. The normalized spacial score (nSPS) is 17.9. The number of rotatable bonds is 9. The molecular weight excluding hydrogens is 328 g/mol. The van der Waals surface area contributed by atoms with Gasteiger partial charge in [-0.25, -0.2) is 0 Å². The van der Waals surface area contributed by atoms with Gasteiger partial charge in [0.1, 0.15) is 0 Å². The van der Waals surface area contributed by atoms with E-state index in [1.54, 1.807) is 0 Å². The van der Waals surface area contributed by atoms with Gasteiger partial charge in [0, 0.05) is 32.1 Å². The number of aliphatic hydroxyl groups is 2. The van der Waals surface area contributed by atoms with Crippen molar-refractivity contribution in [3.05, 3.63) is 35.9 Å². The highest BCUT2D eigenvalue weighted by molar-refractivity contribution is 5.79. The first-order valence-electron chi connectivity index (χ1n) is 9.81. The fourth-order valence-electron chi connectivity index (χ4n) is 3.19. The predicted molar refractivity (Wildman–Crippen MR) is 107 cm³/mol. The van der Waals surface area contributed by atoms with Crippen LogP contribution in [0.4, 0.5) is 0 Å². The minimum atomic E-state index is -0.110. The molecule has 1 aliphatic heterocycles. The second-order valence-electron chi connectivity index (χ2n) is 6.86. The molecule has 6 heteroatoms. The van der Waals surface area contributed by atoms with E-state index in [0.717, 1.165) is 63.5 Å². The maximum absolute atomic E-state index is 9.67. The van der Waals surface area contributed by atoms with Gasteiger partial charge >= 0.3 is 0 Å². The van der Waals surface area contributed by atoms with Gasteiger partial charge in [-0.3, -0.25) is 4.99 Å². The van der Waals surface area contributed by atoms with E-state index < -0.39 is 0 Å². The Kier molecular flexibility index (Phi) is 9.45. The quantitative estimate of drug-likeness (QED) is 0.301. The minimum Gasteiger partial charge on any atom is -0.396 e. The molecule has 0 spiro atoms. The Morgan fingerprint density at radius 3 is 2.62 bits per heavy atom. The van der Waals surface area contributed by atoms with Crippen LogP contribution in [0.25, 0.3) is 0 Å². The van der Waals surface area contributed by atoms with Crippen LogP contribution in [-0.4, -0.2) is 73.1 Å². The van der Waals surface area contributed by atoms with Gasteiger partial charge in [-0.05, 0) is 38.3 Å². The van der Waals surface area contributed by atoms with E-state index in [9.17, 15) is 10.2 Å². The molecule has 0 bridgehead atoms. The molecular formula is C20H34N4O2. The van der Waals surface area contributed by atoms with Crippen molar-refractivity contribution in [3.8, 4) is 0 Å². The molecule has 0 saturated carbocycles. The summed E-state index contributed by atoms with van der Waals surface area (Å²) in [6.45, 7) is 7.40. The van der Waals surface area contributed by atoms with Crippen LogP contribution in [0.2, 0.25) is 0 Å². The van der Waals surface area contributed by atoms with Crippen LogP contribution in [-0.2, 0) is 0 Å². The first kappa shape index (κ1) is 20.7. The van der Waals surface area contributed by atoms with Crippen LogP contribution < -0.4 is 10.6 Å². The highest BCUT2D eigenvalue weighted by atomic mass is 16.3. The number of likely N-dealkylation sites (tertiary alicyclic amines) is 1. The van der Waals surface area contributed by atoms with Gasteiger partial charge in [0.15, 0.2) is 5.96 Å². The van der Waals surface area contributed by atoms with E-state index in [0.29, 0.717) is 6.54 Å². The van der Waals surface area contributed by atoms with Crippen molar-refractivity contribution in [2.24, 2.45) is 4.99 Å². The molecule has 1 aromatic rings. The average molecular weight is 363 g/mol. The van der Waals surface area contributed by atoms with Gasteiger partial charge in [-0.1, -0.05) is 30.3 Å². The zero-order chi connectivity index (χ0) is 18.6. The van der Waals surface area contributed by atoms with Crippen molar-refractivity contribution in [1.29, 1.82) is 0 Å². The van der Waals surface area contributed by atoms with Crippen molar-refractivity contribution in [2.45, 2.75) is 38.2 Å². The van der Waals surface area contributed by atoms with E-state index in [1.807, 2.05) is 30.3 Å². The first-order valence-corrected chi connectivity index (χ1v) is 9.81. The monoisotopic (exact) mass is 362 g/mol. The molecule has 26 heavy (non-hydrogen) atoms. The first-order chi connectivity index (χ1) is 12.7. The summed E-state index contributed by atoms with van der Waals surface area (Å²) in [4.78, 5) is 7.06. The minimum absolute atomic E-state index is 0.0198. The summed E-state index contributed by atoms with van der Waals surface area (Å²) >= 11 is 0. The Bertz CT molecular complexity index is 516. The van der Waals surface area contributed by atoms with E-state index in [1.165, 1.54) is 0 Å². The summed E-state index contributed by atoms with van der Waals surface area (Å²) < 4.78 is 0. The molecule has 0 amide bonds. The Hall–Kier alpha value is -1.63. The van der Waals surface area contributed by atoms with Crippen molar-refractivity contribution >= 4 is 5.96 Å². The SMILES string of the molecule is CCNC(=NCC(CO)c1ccccc1)NCCCN1CCC(O)CC1. The fourth-order valence-corrected chi connectivity index (χ4v) is 3.19. The predicted octanol–water partition coefficient (Wildman–Crippen LogP) is 1.16. The Morgan fingerprint density at radius 1 is 1.23 bits per heavy atom. The van der Waals surface area contributed by atoms with Crippen LogP contribution in [0.3, 0.4) is 0 Å². The van der Waals surface area contributed by atoms with Crippen LogP contribution in [0, 0.1) is 0 Å². The van der Waals surface area contributed by atoms with Gasteiger partial charge < -0.3 is 25.7 Å². The number of nitrogens with one attached hydrogen (secondary N) is 2. The van der Waals surface area contributed by atoms with Crippen molar-refractivity contribution < 1.29 is 10.2 Å². The molecule has 1 saturated heterocycles. The average Bonchev–Trinajstić information content (AvgIpc) is 2.67. The molecule has 0 aliphatic carbocycles. The molecule has 1 aliphatic rings. The van der Waals surface area contributed by atoms with Crippen LogP contribution in [0.5, 0.6) is 0 Å². The molecule has 4 N–H and O–H groups in total. The Balaban J connectivity index is 1.75. The Morgan fingerprint density at radius 2 is 1.96 bits per heavy atom. The van der Waals surface area contributed by atoms with Crippen LogP contribution >= 0.6 is 0 Å². The summed E-state index contributed by atoms with van der Waals surface area (Å²) in [5, 5.41) is 25.9. The summed E-state index contributed by atoms with van der Waals surface area (Å²) in [6.07, 6.45) is 2.71. The number of aliphatic hydroxyl groups excluding tert-OH is 2. The number of piperidine rings is 1. The van der Waals surface area contributed by atoms with Crippen molar-refractivity contribution in [3.63, 3.8) is 0 Å². The number of hydrogen-bond acceptors (Lipinski definition) is 4. The van der Waals surface area contributed by atoms with Gasteiger partial charge in [0.05, 0.1) is 19.3 Å². The summed E-state index contributed by atoms with van der Waals surface area (Å²) in [5.74, 6) is 0.822. The molecule has 1 fully saturated rings. The maximum atomic E-state index is 9.67. The number of benzene rings is 1. The van der Waals surface area contributed by atoms with E-state index in [4.69, 9.17) is 0 Å². The summed E-state index contributed by atoms with van der Waals surface area (Å²) in [6, 6.07) is 10.0. The smallest absolute Gasteiger partial charge is 0.191 e. The topological polar surface area (TPSA) is 80.1 Å². The molecule has 146 valence electrons. The summed E-state index contributed by atoms with van der Waals surface area (Å²) in [7, 11) is 0. The number of aliphatic imine (C=N–C) groups is 1. The highest BCUT2D eigenvalue weighted by Crippen LogP contribution is 2.15. The van der Waals surface area contributed by atoms with Crippen LogP contribution in [0.1, 0.15) is 37.7 Å². The lowest BCUT2D eigenvalue weighted by atomic mass is 10.0. The standard InChI is InChI=1S/C20H34N4O2/c1-2-21-20(22-11-6-12-24-13-9-19(26)10-14-24)23-15-18(16-25)17-7-4-3-5-8-17/h3-5,7-8,18-19,25-26H,2,6,9-16H2,1H3,(H2,21,22,23). The summed E-state index contributed by atoms with van der Waals surface area (Å²) in [5.41, 5.74) is 1.11. The van der Waals surface area contributed by atoms with Crippen LogP contribution in [0.15, 0.2) is 35.3 Å². The van der Waals surface area contributed by atoms with Crippen molar-refractivity contribution in [2.75, 3.05) is 45.9 Å². The molecule has 1 heterocycles. The second-order valence-corrected chi connectivity index (χ2v) is 6.86. The van der Waals surface area contributed by atoms with Gasteiger partial charge in [0.2, 0.25) is 0 Å². The molecule has 2 rings (SSSR count). The third kappa shape index (κ3) is 7.32. The highest BCUT2D eigenvalue weighted by Gasteiger charge is 2.16. The molecule has 0 aromatic heterocycles. The Labute approximate surface area is 157 Å². The van der Waals surface area contributed by atoms with E-state index in [-0.39, 0.29) is 18.6 Å². The molecule has 1 unspecified atom stereocenters. The third-order valence-electron chi connectivity index (χ3n) is 4.81. The number of guanidine groups is 1. The molecule has 1 atom stereocenters. The number of hydrogen-bond donors (Lipinski definition) is 4. The largest absolute Gasteiger partial charge is 0.396 e. The van der Waals surface area contributed by atoms with Gasteiger partial charge in [-0.2, -0.15) is 0 Å². The molecule has 1 aromatic carbocycles. The fraction of sp³-hybridized carbons (Fsp3) is 0.650. The van der Waals surface area contributed by atoms with E-state index >= 15 is 0 Å². The lowest BCUT2D eigenvalue weighted by molar-refractivity contribution is 0.0823. The second kappa shape index (κ2) is 11.9. The third-order valence-corrected chi connectivity index (χ3v) is 4.81. The maximum Gasteiger partial charge on any atom is 0.191 e. The zero-order valence-electron chi connectivity index (χ0n) is 15.9. The molecule has 0 radical (unpaired) electrons. The molecule has 6 nitrogen and oxygen atoms in total.